The first-order chi connectivity index (χ1) is 7.46. The number of aryl methyl sites for hydroxylation is 1. The second kappa shape index (κ2) is 3.79. The van der Waals surface area contributed by atoms with E-state index >= 15 is 0 Å². The first-order valence-corrected chi connectivity index (χ1v) is 6.58. The molecule has 2 heterocycles. The second-order valence-corrected chi connectivity index (χ2v) is 5.73. The smallest absolute Gasteiger partial charge is 0.173 e. The van der Waals surface area contributed by atoms with E-state index in [1.54, 1.807) is 12.1 Å². The summed E-state index contributed by atoms with van der Waals surface area (Å²) in [6.45, 7) is 1.85. The third kappa shape index (κ3) is 2.33. The van der Waals surface area contributed by atoms with Gasteiger partial charge >= 0.3 is 0 Å². The number of pyridine rings is 1. The largest absolute Gasteiger partial charge is 0.396 e. The normalized spacial score (nSPS) is 22.2. The molecular weight excluding hydrogens is 226 g/mol. The van der Waals surface area contributed by atoms with E-state index < -0.39 is 9.84 Å². The molecule has 1 aromatic rings. The van der Waals surface area contributed by atoms with Gasteiger partial charge in [0.25, 0.3) is 0 Å². The minimum Gasteiger partial charge on any atom is -0.396 e. The van der Waals surface area contributed by atoms with Crippen LogP contribution < -0.4 is 11.1 Å². The average Bonchev–Trinajstić information content (AvgIpc) is 2.52. The van der Waals surface area contributed by atoms with Crippen LogP contribution in [0.4, 0.5) is 11.5 Å². The zero-order valence-corrected chi connectivity index (χ0v) is 9.66. The number of aromatic nitrogens is 1. The van der Waals surface area contributed by atoms with Gasteiger partial charge in [-0.3, -0.25) is 0 Å². The quantitative estimate of drug-likeness (QED) is 0.793. The van der Waals surface area contributed by atoms with Crippen LogP contribution in [-0.2, 0) is 9.84 Å². The Morgan fingerprint density at radius 1 is 1.50 bits per heavy atom. The molecule has 1 aliphatic rings. The molecule has 0 bridgehead atoms. The number of nitrogens with two attached hydrogens (primary N) is 1. The van der Waals surface area contributed by atoms with E-state index in [1.807, 2.05) is 13.0 Å². The van der Waals surface area contributed by atoms with Crippen LogP contribution in [0.5, 0.6) is 0 Å². The summed E-state index contributed by atoms with van der Waals surface area (Å²) in [4.78, 5) is 4.22. The third-order valence-corrected chi connectivity index (χ3v) is 3.71. The highest BCUT2D eigenvalue weighted by Crippen LogP contribution is 2.19. The summed E-state index contributed by atoms with van der Waals surface area (Å²) >= 11 is 0. The highest BCUT2D eigenvalue weighted by atomic mass is 32.2. The zero-order chi connectivity index (χ0) is 11.8. The van der Waals surface area contributed by atoms with Gasteiger partial charge in [0.2, 0.25) is 0 Å². The number of nitrogen functional groups attached to an aromatic ring is 1. The molecule has 6 heteroatoms. The minimum atomic E-state index is -3.05. The zero-order valence-electron chi connectivity index (χ0n) is 8.84. The van der Waals surface area contributed by atoms with Gasteiger partial charge in [0.05, 0.1) is 17.5 Å². The molecular formula is C10H13N3O2S. The van der Waals surface area contributed by atoms with Crippen molar-refractivity contribution >= 4 is 21.3 Å². The fourth-order valence-corrected chi connectivity index (χ4v) is 2.76. The third-order valence-electron chi connectivity index (χ3n) is 2.32. The van der Waals surface area contributed by atoms with Crippen molar-refractivity contribution in [2.24, 2.45) is 0 Å². The summed E-state index contributed by atoms with van der Waals surface area (Å²) in [5.41, 5.74) is 7.09. The lowest BCUT2D eigenvalue weighted by atomic mass is 10.3. The van der Waals surface area contributed by atoms with E-state index in [9.17, 15) is 8.42 Å². The molecule has 5 nitrogen and oxygen atoms in total. The summed E-state index contributed by atoms with van der Waals surface area (Å²) in [6.07, 6.45) is 1.61. The Kier molecular flexibility index (Phi) is 2.59. The predicted molar refractivity (Wildman–Crippen MR) is 63.7 cm³/mol. The van der Waals surface area contributed by atoms with E-state index in [2.05, 4.69) is 10.3 Å². The SMILES string of the molecule is Cc1ccc(N)c(NC2C=CS(=O)(=O)C2)n1. The van der Waals surface area contributed by atoms with Crippen molar-refractivity contribution < 1.29 is 8.42 Å². The maximum absolute atomic E-state index is 11.2. The molecule has 0 amide bonds. The number of rotatable bonds is 2. The molecule has 1 aliphatic heterocycles. The number of hydrogen-bond donors (Lipinski definition) is 2. The summed E-state index contributed by atoms with van der Waals surface area (Å²) in [5, 5.41) is 4.22. The summed E-state index contributed by atoms with van der Waals surface area (Å²) in [7, 11) is -3.05. The van der Waals surface area contributed by atoms with Crippen molar-refractivity contribution in [1.29, 1.82) is 0 Å². The lowest BCUT2D eigenvalue weighted by Gasteiger charge is -2.12. The Morgan fingerprint density at radius 2 is 2.25 bits per heavy atom. The van der Waals surface area contributed by atoms with Gasteiger partial charge in [0.15, 0.2) is 9.84 Å². The Bertz CT molecular complexity index is 537. The molecule has 0 aromatic carbocycles. The van der Waals surface area contributed by atoms with Crippen LogP contribution in [0.2, 0.25) is 0 Å². The predicted octanol–water partition coefficient (Wildman–Crippen LogP) is 0.695. The Labute approximate surface area is 94.3 Å². The van der Waals surface area contributed by atoms with Gasteiger partial charge in [-0.1, -0.05) is 0 Å². The monoisotopic (exact) mass is 239 g/mol. The van der Waals surface area contributed by atoms with Gasteiger partial charge < -0.3 is 11.1 Å². The average molecular weight is 239 g/mol. The lowest BCUT2D eigenvalue weighted by Crippen LogP contribution is -2.22. The molecule has 86 valence electrons. The maximum Gasteiger partial charge on any atom is 0.173 e. The molecule has 3 N–H and O–H groups in total. The molecule has 0 fully saturated rings. The highest BCUT2D eigenvalue weighted by Gasteiger charge is 2.22. The van der Waals surface area contributed by atoms with Crippen molar-refractivity contribution in [3.8, 4) is 0 Å². The number of nitrogens with one attached hydrogen (secondary N) is 1. The first kappa shape index (κ1) is 10.9. The maximum atomic E-state index is 11.2. The summed E-state index contributed by atoms with van der Waals surface area (Å²) in [6, 6.07) is 3.31. The van der Waals surface area contributed by atoms with Crippen molar-refractivity contribution in [3.63, 3.8) is 0 Å². The van der Waals surface area contributed by atoms with Gasteiger partial charge in [-0.25, -0.2) is 13.4 Å². The topological polar surface area (TPSA) is 85.1 Å². The van der Waals surface area contributed by atoms with Crippen LogP contribution in [0.25, 0.3) is 0 Å². The molecule has 0 saturated heterocycles. The van der Waals surface area contributed by atoms with E-state index in [0.29, 0.717) is 11.5 Å². The number of anilines is 2. The van der Waals surface area contributed by atoms with E-state index in [-0.39, 0.29) is 11.8 Å². The molecule has 0 aliphatic carbocycles. The minimum absolute atomic E-state index is 0.0576. The summed E-state index contributed by atoms with van der Waals surface area (Å²) in [5.74, 6) is 0.592. The Balaban J connectivity index is 2.17. The van der Waals surface area contributed by atoms with Gasteiger partial charge in [-0.05, 0) is 25.1 Å². The van der Waals surface area contributed by atoms with Crippen LogP contribution in [0.15, 0.2) is 23.6 Å². The molecule has 2 rings (SSSR count). The van der Waals surface area contributed by atoms with Gasteiger partial charge in [0.1, 0.15) is 5.82 Å². The Hall–Kier alpha value is -1.56. The molecule has 0 spiro atoms. The standard InChI is InChI=1S/C10H13N3O2S/c1-7-2-3-9(11)10(12-7)13-8-4-5-16(14,15)6-8/h2-5,8H,6,11H2,1H3,(H,12,13). The molecule has 1 atom stereocenters. The van der Waals surface area contributed by atoms with Crippen LogP contribution in [0.1, 0.15) is 5.69 Å². The Morgan fingerprint density at radius 3 is 2.88 bits per heavy atom. The number of sulfone groups is 1. The molecule has 1 aromatic heterocycles. The van der Waals surface area contributed by atoms with Crippen molar-refractivity contribution in [2.75, 3.05) is 16.8 Å². The van der Waals surface area contributed by atoms with Crippen LogP contribution in [-0.4, -0.2) is 25.2 Å². The van der Waals surface area contributed by atoms with Crippen molar-refractivity contribution in [1.82, 2.24) is 4.98 Å². The lowest BCUT2D eigenvalue weighted by molar-refractivity contribution is 0.605. The van der Waals surface area contributed by atoms with Crippen molar-refractivity contribution in [3.05, 3.63) is 29.3 Å². The van der Waals surface area contributed by atoms with Crippen LogP contribution in [0, 0.1) is 6.92 Å². The fraction of sp³-hybridized carbons (Fsp3) is 0.300. The fourth-order valence-electron chi connectivity index (χ4n) is 1.52. The van der Waals surface area contributed by atoms with E-state index in [0.717, 1.165) is 5.69 Å². The number of hydrogen-bond acceptors (Lipinski definition) is 5. The summed E-state index contributed by atoms with van der Waals surface area (Å²) < 4.78 is 22.4. The van der Waals surface area contributed by atoms with Crippen molar-refractivity contribution in [2.45, 2.75) is 13.0 Å². The van der Waals surface area contributed by atoms with Gasteiger partial charge in [0, 0.05) is 11.1 Å². The molecule has 0 radical (unpaired) electrons. The first-order valence-electron chi connectivity index (χ1n) is 4.87. The van der Waals surface area contributed by atoms with Crippen LogP contribution in [0.3, 0.4) is 0 Å². The molecule has 0 saturated carbocycles. The van der Waals surface area contributed by atoms with Gasteiger partial charge in [-0.15, -0.1) is 0 Å². The van der Waals surface area contributed by atoms with E-state index in [4.69, 9.17) is 5.73 Å². The highest BCUT2D eigenvalue weighted by molar-refractivity contribution is 7.94. The van der Waals surface area contributed by atoms with Crippen LogP contribution >= 0.6 is 0 Å². The second-order valence-electron chi connectivity index (χ2n) is 3.80. The van der Waals surface area contributed by atoms with E-state index in [1.165, 1.54) is 5.41 Å². The number of nitrogens with zero attached hydrogens (tertiary/aromatic N) is 1. The van der Waals surface area contributed by atoms with Gasteiger partial charge in [-0.2, -0.15) is 0 Å². The molecule has 16 heavy (non-hydrogen) atoms. The molecule has 1 unspecified atom stereocenters.